The zero-order valence-corrected chi connectivity index (χ0v) is 17.2. The normalized spacial score (nSPS) is 8.04. The first kappa shape index (κ1) is 26.3. The Bertz CT molecular complexity index is 464. The van der Waals surface area contributed by atoms with Crippen LogP contribution in [0.4, 0.5) is 0 Å². The first-order valence-electron chi connectivity index (χ1n) is 8.65. The van der Waals surface area contributed by atoms with Crippen LogP contribution >= 0.6 is 0 Å². The molecule has 2 rings (SSSR count). The highest BCUT2D eigenvalue weighted by Gasteiger charge is 2.13. The van der Waals surface area contributed by atoms with E-state index in [1.807, 2.05) is 33.8 Å². The smallest absolute Gasteiger partial charge is 0.211 e. The van der Waals surface area contributed by atoms with Crippen molar-refractivity contribution in [3.63, 3.8) is 0 Å². The molecule has 0 atom stereocenters. The maximum Gasteiger partial charge on any atom is 0.211 e. The molecule has 0 amide bonds. The number of hydrogen-bond donors (Lipinski definition) is 0. The van der Waals surface area contributed by atoms with E-state index >= 15 is 0 Å². The quantitative estimate of drug-likeness (QED) is 0.402. The largest absolute Gasteiger partial charge is 0.358 e. The summed E-state index contributed by atoms with van der Waals surface area (Å²) in [5.74, 6) is 0. The monoisotopic (exact) mass is 317 g/mol. The second-order valence-electron chi connectivity index (χ2n) is 4.69. The first-order valence-corrected chi connectivity index (χ1v) is 8.65. The molecule has 0 spiro atoms. The van der Waals surface area contributed by atoms with Gasteiger partial charge in [0.2, 0.25) is 5.69 Å². The maximum absolute atomic E-state index is 2.27. The molecule has 0 aliphatic carbocycles. The summed E-state index contributed by atoms with van der Waals surface area (Å²) >= 11 is 0. The topological polar surface area (TPSA) is 3.88 Å². The Kier molecular flexibility index (Phi) is 19.1. The molecule has 0 aliphatic rings. The Labute approximate surface area is 146 Å². The lowest BCUT2D eigenvalue weighted by Gasteiger charge is -2.04. The van der Waals surface area contributed by atoms with Gasteiger partial charge in [-0.25, -0.2) is 0 Å². The van der Waals surface area contributed by atoms with E-state index in [4.69, 9.17) is 0 Å². The molecule has 1 heteroatoms. The average Bonchev–Trinajstić information content (AvgIpc) is 2.52. The van der Waals surface area contributed by atoms with Gasteiger partial charge in [-0.15, -0.1) is 0 Å². The Morgan fingerprint density at radius 3 is 1.43 bits per heavy atom. The highest BCUT2D eigenvalue weighted by Crippen LogP contribution is 2.06. The van der Waals surface area contributed by atoms with Crippen molar-refractivity contribution in [3.05, 3.63) is 66.8 Å². The molecular weight excluding hydrogens is 278 g/mol. The highest BCUT2D eigenvalue weighted by atomic mass is 15.0. The fraction of sp³-hybridized carbons (Fsp3) is 0.455. The molecular formula is C22H39N. The van der Waals surface area contributed by atoms with Gasteiger partial charge in [0.25, 0.3) is 0 Å². The van der Waals surface area contributed by atoms with Crippen LogP contribution < -0.4 is 4.57 Å². The third-order valence-electron chi connectivity index (χ3n) is 2.59. The lowest BCUT2D eigenvalue weighted by molar-refractivity contribution is -0.609. The predicted octanol–water partition coefficient (Wildman–Crippen LogP) is 6.81. The van der Waals surface area contributed by atoms with Gasteiger partial charge in [-0.2, -0.15) is 4.57 Å². The summed E-state index contributed by atoms with van der Waals surface area (Å²) < 4.78 is 2.27. The Balaban J connectivity index is -0.000000439. The lowest BCUT2D eigenvalue weighted by Crippen LogP contribution is -2.37. The zero-order valence-electron chi connectivity index (χ0n) is 17.2. The van der Waals surface area contributed by atoms with Crippen LogP contribution in [-0.2, 0) is 0 Å². The fourth-order valence-electron chi connectivity index (χ4n) is 2.09. The number of pyridine rings is 1. The number of hydrogen-bond acceptors (Lipinski definition) is 0. The Morgan fingerprint density at radius 2 is 1.09 bits per heavy atom. The summed E-state index contributed by atoms with van der Waals surface area (Å²) in [5, 5.41) is 0. The molecule has 1 aromatic heterocycles. The van der Waals surface area contributed by atoms with Crippen LogP contribution in [0.25, 0.3) is 5.69 Å². The van der Waals surface area contributed by atoms with Crippen LogP contribution in [0.15, 0.2) is 42.5 Å². The second kappa shape index (κ2) is 16.7. The molecule has 1 aromatic carbocycles. The third-order valence-corrected chi connectivity index (χ3v) is 2.59. The van der Waals surface area contributed by atoms with E-state index < -0.39 is 0 Å². The van der Waals surface area contributed by atoms with Crippen molar-refractivity contribution in [2.24, 2.45) is 0 Å². The van der Waals surface area contributed by atoms with Gasteiger partial charge in [-0.1, -0.05) is 66.2 Å². The number of para-hydroxylation sites is 1. The second-order valence-corrected chi connectivity index (χ2v) is 4.69. The summed E-state index contributed by atoms with van der Waals surface area (Å²) in [6.45, 7) is 18.7. The number of rotatable bonds is 1. The van der Waals surface area contributed by atoms with Crippen molar-refractivity contribution < 1.29 is 4.57 Å². The Morgan fingerprint density at radius 1 is 0.739 bits per heavy atom. The van der Waals surface area contributed by atoms with E-state index in [9.17, 15) is 0 Å². The van der Waals surface area contributed by atoms with E-state index in [2.05, 4.69) is 75.6 Å². The van der Waals surface area contributed by atoms with Crippen LogP contribution in [0.2, 0.25) is 0 Å². The van der Waals surface area contributed by atoms with Crippen molar-refractivity contribution >= 4 is 0 Å². The third kappa shape index (κ3) is 9.89. The van der Waals surface area contributed by atoms with E-state index in [1.54, 1.807) is 0 Å². The van der Waals surface area contributed by atoms with Crippen molar-refractivity contribution in [2.45, 2.75) is 68.7 Å². The summed E-state index contributed by atoms with van der Waals surface area (Å²) in [6, 6.07) is 14.9. The molecule has 0 bridgehead atoms. The van der Waals surface area contributed by atoms with Gasteiger partial charge in [0.05, 0.1) is 0 Å². The Hall–Kier alpha value is -1.63. The highest BCUT2D eigenvalue weighted by molar-refractivity contribution is 5.24. The molecule has 1 heterocycles. The standard InChI is InChI=1S/C14H16N.C3H8.2C2H6.CH3/c1-11-9-12(2)15(13(3)10-11)14-7-5-4-6-8-14;1-3-2;2*1-2;/h4-10H,1-3H3;3H2,1-2H3;2*1-2H3;1H3/q+1;;;;-1. The number of aryl methyl sites for hydroxylation is 3. The molecule has 0 radical (unpaired) electrons. The van der Waals surface area contributed by atoms with E-state index in [1.165, 1.54) is 29.1 Å². The van der Waals surface area contributed by atoms with Crippen molar-refractivity contribution in [2.75, 3.05) is 0 Å². The average molecular weight is 318 g/mol. The summed E-state index contributed by atoms with van der Waals surface area (Å²) in [7, 11) is 0. The van der Waals surface area contributed by atoms with Crippen LogP contribution in [0.5, 0.6) is 0 Å². The van der Waals surface area contributed by atoms with Crippen molar-refractivity contribution in [1.82, 2.24) is 0 Å². The lowest BCUT2D eigenvalue weighted by atomic mass is 10.2. The van der Waals surface area contributed by atoms with Crippen molar-refractivity contribution in [3.8, 4) is 5.69 Å². The predicted molar refractivity (Wildman–Crippen MR) is 107 cm³/mol. The SMILES string of the molecule is CC.CC.CCC.Cc1cc(C)[n+](-c2ccccc2)c(C)c1.[CH3-]. The maximum atomic E-state index is 2.27. The summed E-state index contributed by atoms with van der Waals surface area (Å²) in [4.78, 5) is 0. The van der Waals surface area contributed by atoms with Crippen LogP contribution in [0, 0.1) is 28.2 Å². The molecule has 0 unspecified atom stereocenters. The van der Waals surface area contributed by atoms with E-state index in [-0.39, 0.29) is 7.43 Å². The molecule has 132 valence electrons. The van der Waals surface area contributed by atoms with Gasteiger partial charge in [-0.3, -0.25) is 0 Å². The minimum Gasteiger partial charge on any atom is -0.358 e. The summed E-state index contributed by atoms with van der Waals surface area (Å²) in [6.07, 6.45) is 1.25. The zero-order chi connectivity index (χ0) is 17.5. The molecule has 23 heavy (non-hydrogen) atoms. The molecule has 2 aromatic rings. The minimum atomic E-state index is 0. The number of nitrogens with zero attached hydrogens (tertiary/aromatic N) is 1. The molecule has 0 saturated heterocycles. The van der Waals surface area contributed by atoms with E-state index in [0.29, 0.717) is 0 Å². The minimum absolute atomic E-state index is 0. The molecule has 0 saturated carbocycles. The molecule has 0 fully saturated rings. The molecule has 1 nitrogen and oxygen atoms in total. The molecule has 0 N–H and O–H groups in total. The fourth-order valence-corrected chi connectivity index (χ4v) is 2.09. The van der Waals surface area contributed by atoms with Gasteiger partial charge < -0.3 is 7.43 Å². The van der Waals surface area contributed by atoms with E-state index in [0.717, 1.165) is 0 Å². The van der Waals surface area contributed by atoms with Gasteiger partial charge in [-0.05, 0) is 12.5 Å². The van der Waals surface area contributed by atoms with Gasteiger partial charge >= 0.3 is 0 Å². The van der Waals surface area contributed by atoms with Gasteiger partial charge in [0.1, 0.15) is 0 Å². The number of benzene rings is 1. The van der Waals surface area contributed by atoms with Crippen LogP contribution in [0.1, 0.15) is 64.9 Å². The van der Waals surface area contributed by atoms with Crippen LogP contribution in [-0.4, -0.2) is 0 Å². The van der Waals surface area contributed by atoms with Gasteiger partial charge in [0.15, 0.2) is 11.4 Å². The van der Waals surface area contributed by atoms with Crippen molar-refractivity contribution in [1.29, 1.82) is 0 Å². The summed E-state index contributed by atoms with van der Waals surface area (Å²) in [5.41, 5.74) is 5.10. The first-order chi connectivity index (χ1) is 10.6. The van der Waals surface area contributed by atoms with Gasteiger partial charge in [0, 0.05) is 38.1 Å². The van der Waals surface area contributed by atoms with Crippen LogP contribution in [0.3, 0.4) is 0 Å². The molecule has 0 aliphatic heterocycles. The number of aromatic nitrogens is 1.